The van der Waals surface area contributed by atoms with Gasteiger partial charge in [0.2, 0.25) is 0 Å². The van der Waals surface area contributed by atoms with Crippen molar-refractivity contribution in [2.24, 2.45) is 0 Å². The van der Waals surface area contributed by atoms with Crippen molar-refractivity contribution in [3.8, 4) is 11.8 Å². The Labute approximate surface area is 120 Å². The van der Waals surface area contributed by atoms with Crippen molar-refractivity contribution in [3.63, 3.8) is 0 Å². The van der Waals surface area contributed by atoms with Crippen molar-refractivity contribution < 1.29 is 0 Å². The second kappa shape index (κ2) is 5.59. The monoisotopic (exact) mass is 280 g/mol. The Hall–Kier alpha value is -2.58. The van der Waals surface area contributed by atoms with Crippen LogP contribution in [-0.2, 0) is 6.54 Å². The van der Waals surface area contributed by atoms with Crippen molar-refractivity contribution in [1.82, 2.24) is 9.55 Å². The highest BCUT2D eigenvalue weighted by Crippen LogP contribution is 2.17. The molecule has 0 aliphatic carbocycles. The van der Waals surface area contributed by atoms with Crippen LogP contribution in [0.15, 0.2) is 54.4 Å². The molecule has 1 aromatic carbocycles. The molecule has 5 heteroatoms. The van der Waals surface area contributed by atoms with Gasteiger partial charge in [-0.25, -0.2) is 4.98 Å². The Morgan fingerprint density at radius 3 is 2.80 bits per heavy atom. The number of hydrogen-bond acceptors (Lipinski definition) is 4. The number of benzene rings is 1. The highest BCUT2D eigenvalue weighted by atomic mass is 32.1. The summed E-state index contributed by atoms with van der Waals surface area (Å²) in [4.78, 5) is 5.18. The summed E-state index contributed by atoms with van der Waals surface area (Å²) in [6, 6.07) is 12.2. The SMILES string of the molecule is N#Cc1csc(CNc2ccc(-n3ccnc3)cc2)c1. The first-order valence-electron chi connectivity index (χ1n) is 6.15. The number of nitriles is 1. The van der Waals surface area contributed by atoms with Crippen LogP contribution in [0.4, 0.5) is 5.69 Å². The Morgan fingerprint density at radius 1 is 1.30 bits per heavy atom. The summed E-state index contributed by atoms with van der Waals surface area (Å²) in [5.74, 6) is 0. The zero-order valence-corrected chi connectivity index (χ0v) is 11.5. The third-order valence-electron chi connectivity index (χ3n) is 2.92. The van der Waals surface area contributed by atoms with Crippen molar-refractivity contribution in [3.05, 3.63) is 64.9 Å². The standard InChI is InChI=1S/C15H12N4S/c16-8-12-7-15(20-10-12)9-18-13-1-3-14(4-2-13)19-6-5-17-11-19/h1-7,10-11,18H,9H2. The summed E-state index contributed by atoms with van der Waals surface area (Å²) in [5, 5.41) is 14.0. The van der Waals surface area contributed by atoms with Crippen LogP contribution < -0.4 is 5.32 Å². The fourth-order valence-corrected chi connectivity index (χ4v) is 2.63. The molecule has 98 valence electrons. The maximum absolute atomic E-state index is 8.79. The molecule has 0 amide bonds. The van der Waals surface area contributed by atoms with E-state index < -0.39 is 0 Å². The molecule has 0 spiro atoms. The predicted octanol–water partition coefficient (Wildman–Crippen LogP) is 3.42. The van der Waals surface area contributed by atoms with Gasteiger partial charge in [-0.2, -0.15) is 5.26 Å². The molecule has 0 unspecified atom stereocenters. The Balaban J connectivity index is 1.65. The quantitative estimate of drug-likeness (QED) is 0.796. The lowest BCUT2D eigenvalue weighted by molar-refractivity contribution is 1.06. The Bertz CT molecular complexity index is 720. The van der Waals surface area contributed by atoms with E-state index in [2.05, 4.69) is 16.4 Å². The summed E-state index contributed by atoms with van der Waals surface area (Å²) in [7, 11) is 0. The molecule has 2 heterocycles. The van der Waals surface area contributed by atoms with Crippen molar-refractivity contribution in [2.75, 3.05) is 5.32 Å². The highest BCUT2D eigenvalue weighted by Gasteiger charge is 2.00. The molecule has 0 bridgehead atoms. The number of imidazole rings is 1. The first-order valence-corrected chi connectivity index (χ1v) is 7.03. The summed E-state index contributed by atoms with van der Waals surface area (Å²) in [5.41, 5.74) is 2.86. The minimum absolute atomic E-state index is 0.724. The minimum Gasteiger partial charge on any atom is -0.380 e. The van der Waals surface area contributed by atoms with E-state index in [0.29, 0.717) is 0 Å². The maximum Gasteiger partial charge on any atom is 0.100 e. The minimum atomic E-state index is 0.724. The molecule has 3 rings (SSSR count). The maximum atomic E-state index is 8.79. The Kier molecular flexibility index (Phi) is 3.48. The van der Waals surface area contributed by atoms with Crippen LogP contribution in [0, 0.1) is 11.3 Å². The van der Waals surface area contributed by atoms with Crippen LogP contribution in [0.25, 0.3) is 5.69 Å². The third kappa shape index (κ3) is 2.71. The summed E-state index contributed by atoms with van der Waals surface area (Å²) >= 11 is 1.60. The van der Waals surface area contributed by atoms with Gasteiger partial charge in [0.05, 0.1) is 11.9 Å². The average Bonchev–Trinajstić information content (AvgIpc) is 3.17. The van der Waals surface area contributed by atoms with Crippen LogP contribution in [0.3, 0.4) is 0 Å². The summed E-state index contributed by atoms with van der Waals surface area (Å²) in [6.07, 6.45) is 5.45. The molecule has 3 aromatic rings. The number of hydrogen-bond donors (Lipinski definition) is 1. The number of anilines is 1. The van der Waals surface area contributed by atoms with E-state index in [0.717, 1.165) is 28.4 Å². The Morgan fingerprint density at radius 2 is 2.15 bits per heavy atom. The van der Waals surface area contributed by atoms with E-state index in [1.807, 2.05) is 46.5 Å². The molecular formula is C15H12N4S. The van der Waals surface area contributed by atoms with Gasteiger partial charge in [0.15, 0.2) is 0 Å². The van der Waals surface area contributed by atoms with Crippen LogP contribution in [0.5, 0.6) is 0 Å². The van der Waals surface area contributed by atoms with Gasteiger partial charge in [-0.1, -0.05) is 0 Å². The largest absolute Gasteiger partial charge is 0.380 e. The molecule has 0 aliphatic heterocycles. The van der Waals surface area contributed by atoms with Crippen LogP contribution in [-0.4, -0.2) is 9.55 Å². The van der Waals surface area contributed by atoms with E-state index in [4.69, 9.17) is 5.26 Å². The smallest absolute Gasteiger partial charge is 0.100 e. The molecule has 0 saturated carbocycles. The van der Waals surface area contributed by atoms with Crippen LogP contribution in [0.1, 0.15) is 10.4 Å². The summed E-state index contributed by atoms with van der Waals surface area (Å²) < 4.78 is 1.96. The molecule has 20 heavy (non-hydrogen) atoms. The highest BCUT2D eigenvalue weighted by molar-refractivity contribution is 7.10. The molecule has 0 fully saturated rings. The van der Waals surface area contributed by atoms with Gasteiger partial charge in [-0.05, 0) is 30.3 Å². The van der Waals surface area contributed by atoms with Crippen molar-refractivity contribution in [1.29, 1.82) is 5.26 Å². The fourth-order valence-electron chi connectivity index (χ4n) is 1.88. The number of thiophene rings is 1. The molecular weight excluding hydrogens is 268 g/mol. The van der Waals surface area contributed by atoms with E-state index >= 15 is 0 Å². The predicted molar refractivity (Wildman–Crippen MR) is 79.9 cm³/mol. The van der Waals surface area contributed by atoms with E-state index in [1.54, 1.807) is 23.9 Å². The fraction of sp³-hybridized carbons (Fsp3) is 0.0667. The van der Waals surface area contributed by atoms with Crippen LogP contribution in [0.2, 0.25) is 0 Å². The van der Waals surface area contributed by atoms with E-state index in [-0.39, 0.29) is 0 Å². The zero-order valence-electron chi connectivity index (χ0n) is 10.7. The molecule has 0 radical (unpaired) electrons. The van der Waals surface area contributed by atoms with Crippen molar-refractivity contribution >= 4 is 17.0 Å². The van der Waals surface area contributed by atoms with Gasteiger partial charge in [0, 0.05) is 40.6 Å². The molecule has 0 atom stereocenters. The lowest BCUT2D eigenvalue weighted by atomic mass is 10.2. The first kappa shape index (κ1) is 12.5. The van der Waals surface area contributed by atoms with E-state index in [9.17, 15) is 0 Å². The molecule has 1 N–H and O–H groups in total. The topological polar surface area (TPSA) is 53.6 Å². The van der Waals surface area contributed by atoms with Gasteiger partial charge >= 0.3 is 0 Å². The van der Waals surface area contributed by atoms with Gasteiger partial charge in [0.25, 0.3) is 0 Å². The molecule has 4 nitrogen and oxygen atoms in total. The number of nitrogens with one attached hydrogen (secondary N) is 1. The van der Waals surface area contributed by atoms with E-state index in [1.165, 1.54) is 0 Å². The molecule has 0 aliphatic rings. The van der Waals surface area contributed by atoms with Gasteiger partial charge in [0.1, 0.15) is 6.07 Å². The van der Waals surface area contributed by atoms with Gasteiger partial charge in [-0.15, -0.1) is 11.3 Å². The van der Waals surface area contributed by atoms with Gasteiger partial charge in [-0.3, -0.25) is 0 Å². The molecule has 2 aromatic heterocycles. The third-order valence-corrected chi connectivity index (χ3v) is 3.86. The lowest BCUT2D eigenvalue weighted by Crippen LogP contribution is -1.98. The second-order valence-corrected chi connectivity index (χ2v) is 5.28. The number of nitrogens with zero attached hydrogens (tertiary/aromatic N) is 3. The molecule has 0 saturated heterocycles. The number of aromatic nitrogens is 2. The lowest BCUT2D eigenvalue weighted by Gasteiger charge is -2.06. The number of rotatable bonds is 4. The zero-order chi connectivity index (χ0) is 13.8. The average molecular weight is 280 g/mol. The normalized spacial score (nSPS) is 10.2. The van der Waals surface area contributed by atoms with Crippen LogP contribution >= 0.6 is 11.3 Å². The van der Waals surface area contributed by atoms with Crippen molar-refractivity contribution in [2.45, 2.75) is 6.54 Å². The second-order valence-electron chi connectivity index (χ2n) is 4.28. The first-order chi connectivity index (χ1) is 9.85. The van der Waals surface area contributed by atoms with Gasteiger partial charge < -0.3 is 9.88 Å². The summed E-state index contributed by atoms with van der Waals surface area (Å²) in [6.45, 7) is 0.733.